The summed E-state index contributed by atoms with van der Waals surface area (Å²) in [5.74, 6) is 0. The number of hydrogen-bond acceptors (Lipinski definition) is 5. The fourth-order valence-electron chi connectivity index (χ4n) is 2.12. The molecule has 5 nitrogen and oxygen atoms in total. The van der Waals surface area contributed by atoms with E-state index in [9.17, 15) is 18.0 Å². The van der Waals surface area contributed by atoms with Crippen molar-refractivity contribution in [1.29, 1.82) is 0 Å². The number of fused-ring (bicyclic) bond motifs is 1. The van der Waals surface area contributed by atoms with Crippen molar-refractivity contribution in [2.75, 3.05) is 5.32 Å². The number of ether oxygens (including phenoxy) is 1. The van der Waals surface area contributed by atoms with Gasteiger partial charge in [0.05, 0.1) is 12.5 Å². The molecule has 1 atom stereocenters. The minimum Gasteiger partial charge on any atom is -0.464 e. The number of aromatic nitrogens is 1. The van der Waals surface area contributed by atoms with Crippen LogP contribution in [0, 0.1) is 0 Å². The van der Waals surface area contributed by atoms with Crippen LogP contribution in [-0.2, 0) is 10.9 Å². The Morgan fingerprint density at radius 2 is 2.12 bits per heavy atom. The van der Waals surface area contributed by atoms with Crippen molar-refractivity contribution in [1.82, 2.24) is 4.98 Å². The predicted octanol–water partition coefficient (Wildman–Crippen LogP) is 5.22. The Balaban J connectivity index is 1.67. The van der Waals surface area contributed by atoms with Crippen LogP contribution in [0.1, 0.15) is 23.5 Å². The molecule has 3 rings (SSSR count). The van der Waals surface area contributed by atoms with Gasteiger partial charge in [-0.05, 0) is 13.0 Å². The summed E-state index contributed by atoms with van der Waals surface area (Å²) in [4.78, 5) is 14.4. The molecule has 0 unspecified atom stereocenters. The number of nitrogens with one attached hydrogen (secondary N) is 1. The summed E-state index contributed by atoms with van der Waals surface area (Å²) in [5, 5.41) is 2.80. The molecule has 0 spiro atoms. The molecule has 1 amide bonds. The lowest BCUT2D eigenvalue weighted by Crippen LogP contribution is -2.15. The van der Waals surface area contributed by atoms with Crippen molar-refractivity contribution in [2.45, 2.75) is 19.2 Å². The number of carbonyl (C=O) groups excluding carboxylic acids is 1. The van der Waals surface area contributed by atoms with Crippen molar-refractivity contribution in [3.63, 3.8) is 0 Å². The lowest BCUT2D eigenvalue weighted by molar-refractivity contribution is -0.134. The van der Waals surface area contributed by atoms with Crippen molar-refractivity contribution >= 4 is 33.5 Å². The molecule has 3 aromatic rings. The third kappa shape index (κ3) is 3.35. The highest BCUT2D eigenvalue weighted by Gasteiger charge is 2.33. The molecule has 2 heterocycles. The minimum absolute atomic E-state index is 0.184. The van der Waals surface area contributed by atoms with Crippen LogP contribution in [0.25, 0.3) is 11.0 Å². The first kappa shape index (κ1) is 16.3. The van der Waals surface area contributed by atoms with Gasteiger partial charge in [0, 0.05) is 10.9 Å². The number of halogens is 3. The highest BCUT2D eigenvalue weighted by molar-refractivity contribution is 7.15. The standard InChI is InChI=1S/C15H11F3N2O3S/c1-8(10-7-22-11-5-3-2-4-9(10)11)23-14(21)20-13-19-6-12(24-13)15(16,17)18/h2-8H,1H3,(H,19,20,21)/t8-/m0/s1. The molecule has 0 saturated carbocycles. The van der Waals surface area contributed by atoms with Gasteiger partial charge in [-0.2, -0.15) is 13.2 Å². The molecule has 0 bridgehead atoms. The molecule has 24 heavy (non-hydrogen) atoms. The Hall–Kier alpha value is -2.55. The summed E-state index contributed by atoms with van der Waals surface area (Å²) in [6, 6.07) is 7.24. The summed E-state index contributed by atoms with van der Waals surface area (Å²) in [6.45, 7) is 1.64. The number of furan rings is 1. The summed E-state index contributed by atoms with van der Waals surface area (Å²) in [6.07, 6.45) is -3.89. The van der Waals surface area contributed by atoms with E-state index in [1.165, 1.54) is 6.26 Å². The van der Waals surface area contributed by atoms with E-state index in [4.69, 9.17) is 9.15 Å². The first-order valence-corrected chi connectivity index (χ1v) is 7.63. The predicted molar refractivity (Wildman–Crippen MR) is 81.8 cm³/mol. The van der Waals surface area contributed by atoms with Crippen LogP contribution in [0.2, 0.25) is 0 Å². The molecular weight excluding hydrogens is 345 g/mol. The number of hydrogen-bond donors (Lipinski definition) is 1. The molecule has 0 saturated heterocycles. The second-order valence-corrected chi connectivity index (χ2v) is 5.92. The molecule has 9 heteroatoms. The first-order valence-electron chi connectivity index (χ1n) is 6.81. The van der Waals surface area contributed by atoms with Gasteiger partial charge in [0.2, 0.25) is 0 Å². The van der Waals surface area contributed by atoms with Crippen LogP contribution in [0.3, 0.4) is 0 Å². The number of thiazole rings is 1. The van der Waals surface area contributed by atoms with Gasteiger partial charge in [-0.3, -0.25) is 5.32 Å². The number of carbonyl (C=O) groups is 1. The highest BCUT2D eigenvalue weighted by Crippen LogP contribution is 2.35. The zero-order chi connectivity index (χ0) is 17.3. The van der Waals surface area contributed by atoms with Gasteiger partial charge >= 0.3 is 12.3 Å². The maximum absolute atomic E-state index is 12.5. The topological polar surface area (TPSA) is 64.4 Å². The Labute approximate surface area is 138 Å². The molecule has 0 aliphatic carbocycles. The molecule has 1 N–H and O–H groups in total. The zero-order valence-corrected chi connectivity index (χ0v) is 13.1. The van der Waals surface area contributed by atoms with Gasteiger partial charge in [0.1, 0.15) is 16.6 Å². The van der Waals surface area contributed by atoms with E-state index < -0.39 is 23.3 Å². The number of amides is 1. The van der Waals surface area contributed by atoms with Crippen LogP contribution in [0.15, 0.2) is 41.1 Å². The van der Waals surface area contributed by atoms with Gasteiger partial charge in [-0.15, -0.1) is 0 Å². The normalized spacial score (nSPS) is 13.0. The average Bonchev–Trinajstić information content (AvgIpc) is 3.12. The van der Waals surface area contributed by atoms with Crippen molar-refractivity contribution in [3.05, 3.63) is 47.2 Å². The second kappa shape index (κ2) is 6.16. The summed E-state index contributed by atoms with van der Waals surface area (Å²) in [7, 11) is 0. The second-order valence-electron chi connectivity index (χ2n) is 4.89. The van der Waals surface area contributed by atoms with Crippen LogP contribution < -0.4 is 5.32 Å². The summed E-state index contributed by atoms with van der Waals surface area (Å²) in [5.41, 5.74) is 1.31. The number of anilines is 1. The van der Waals surface area contributed by atoms with Crippen molar-refractivity contribution in [3.8, 4) is 0 Å². The molecule has 0 aliphatic rings. The third-order valence-electron chi connectivity index (χ3n) is 3.23. The van der Waals surface area contributed by atoms with E-state index in [-0.39, 0.29) is 5.13 Å². The van der Waals surface area contributed by atoms with Gasteiger partial charge < -0.3 is 9.15 Å². The number of nitrogens with zero attached hydrogens (tertiary/aromatic N) is 1. The third-order valence-corrected chi connectivity index (χ3v) is 4.18. The lowest BCUT2D eigenvalue weighted by Gasteiger charge is -2.11. The molecule has 0 aliphatic heterocycles. The van der Waals surface area contributed by atoms with Gasteiger partial charge in [0.25, 0.3) is 0 Å². The Morgan fingerprint density at radius 1 is 1.38 bits per heavy atom. The van der Waals surface area contributed by atoms with E-state index in [0.29, 0.717) is 28.7 Å². The summed E-state index contributed by atoms with van der Waals surface area (Å²) >= 11 is 0.329. The van der Waals surface area contributed by atoms with Crippen LogP contribution in [-0.4, -0.2) is 11.1 Å². The first-order chi connectivity index (χ1) is 11.3. The van der Waals surface area contributed by atoms with E-state index in [1.54, 1.807) is 13.0 Å². The van der Waals surface area contributed by atoms with Gasteiger partial charge in [-0.1, -0.05) is 29.5 Å². The molecule has 126 valence electrons. The average molecular weight is 356 g/mol. The quantitative estimate of drug-likeness (QED) is 0.699. The lowest BCUT2D eigenvalue weighted by atomic mass is 10.1. The van der Waals surface area contributed by atoms with Crippen molar-refractivity contribution < 1.29 is 27.1 Å². The molecule has 0 fully saturated rings. The molecule has 2 aromatic heterocycles. The van der Waals surface area contributed by atoms with E-state index >= 15 is 0 Å². The van der Waals surface area contributed by atoms with Crippen LogP contribution in [0.4, 0.5) is 23.1 Å². The van der Waals surface area contributed by atoms with E-state index in [2.05, 4.69) is 10.3 Å². The Kier molecular flexibility index (Phi) is 4.18. The van der Waals surface area contributed by atoms with Gasteiger partial charge in [0.15, 0.2) is 5.13 Å². The van der Waals surface area contributed by atoms with Crippen LogP contribution >= 0.6 is 11.3 Å². The monoisotopic (exact) mass is 356 g/mol. The fourth-order valence-corrected chi connectivity index (χ4v) is 2.79. The molecule has 0 radical (unpaired) electrons. The zero-order valence-electron chi connectivity index (χ0n) is 12.3. The highest BCUT2D eigenvalue weighted by atomic mass is 32.1. The number of alkyl halides is 3. The Morgan fingerprint density at radius 3 is 2.83 bits per heavy atom. The fraction of sp³-hybridized carbons (Fsp3) is 0.200. The maximum Gasteiger partial charge on any atom is 0.427 e. The molecule has 1 aromatic carbocycles. The largest absolute Gasteiger partial charge is 0.464 e. The van der Waals surface area contributed by atoms with E-state index in [0.717, 1.165) is 5.39 Å². The minimum atomic E-state index is -4.50. The Bertz CT molecular complexity index is 872. The number of rotatable bonds is 3. The maximum atomic E-state index is 12.5. The van der Waals surface area contributed by atoms with Gasteiger partial charge in [-0.25, -0.2) is 9.78 Å². The summed E-state index contributed by atoms with van der Waals surface area (Å²) < 4.78 is 48.0. The van der Waals surface area contributed by atoms with Crippen molar-refractivity contribution in [2.24, 2.45) is 0 Å². The van der Waals surface area contributed by atoms with E-state index in [1.807, 2.05) is 18.2 Å². The van der Waals surface area contributed by atoms with Crippen LogP contribution in [0.5, 0.6) is 0 Å². The number of para-hydroxylation sites is 1. The SMILES string of the molecule is C[C@H](OC(=O)Nc1ncc(C(F)(F)F)s1)c1coc2ccccc12. The molecular formula is C15H11F3N2O3S. The smallest absolute Gasteiger partial charge is 0.427 e. The number of benzene rings is 1.